The molecule has 4 nitrogen and oxygen atoms in total. The van der Waals surface area contributed by atoms with Gasteiger partial charge in [-0.25, -0.2) is 9.18 Å². The van der Waals surface area contributed by atoms with E-state index < -0.39 is 11.9 Å². The summed E-state index contributed by atoms with van der Waals surface area (Å²) in [6, 6.07) is 13.2. The third kappa shape index (κ3) is 2.76. The van der Waals surface area contributed by atoms with Gasteiger partial charge in [0.05, 0.1) is 11.3 Å². The molecule has 0 aromatic heterocycles. The van der Waals surface area contributed by atoms with Crippen LogP contribution in [0.15, 0.2) is 64.3 Å². The number of ether oxygens (including phenoxy) is 1. The normalized spacial score (nSPS) is 19.9. The van der Waals surface area contributed by atoms with Crippen LogP contribution >= 0.6 is 15.9 Å². The van der Waals surface area contributed by atoms with Gasteiger partial charge in [-0.05, 0) is 42.0 Å². The standard InChI is InChI=1S/C19H13BrFNO3/c20-12-3-7-14(8-4-12)22-16-10-25-19(24)18(16)15(9-17(22)23)11-1-5-13(21)6-2-11/h1-8,15H,9-10H2. The molecule has 2 heterocycles. The van der Waals surface area contributed by atoms with Crippen molar-refractivity contribution < 1.29 is 18.7 Å². The lowest BCUT2D eigenvalue weighted by Crippen LogP contribution is -2.37. The first kappa shape index (κ1) is 16.0. The molecule has 2 aromatic carbocycles. The van der Waals surface area contributed by atoms with Gasteiger partial charge in [0.25, 0.3) is 0 Å². The Bertz CT molecular complexity index is 890. The second kappa shape index (κ2) is 6.11. The zero-order valence-electron chi connectivity index (χ0n) is 13.0. The van der Waals surface area contributed by atoms with Gasteiger partial charge < -0.3 is 4.74 Å². The smallest absolute Gasteiger partial charge is 0.336 e. The van der Waals surface area contributed by atoms with E-state index >= 15 is 0 Å². The van der Waals surface area contributed by atoms with Gasteiger partial charge in [0.1, 0.15) is 12.4 Å². The molecule has 4 rings (SSSR count). The van der Waals surface area contributed by atoms with Gasteiger partial charge in [0.15, 0.2) is 0 Å². The minimum atomic E-state index is -0.418. The van der Waals surface area contributed by atoms with Gasteiger partial charge in [0, 0.05) is 22.5 Å². The van der Waals surface area contributed by atoms with Crippen molar-refractivity contribution in [3.8, 4) is 0 Å². The minimum Gasteiger partial charge on any atom is -0.456 e. The van der Waals surface area contributed by atoms with E-state index in [1.807, 2.05) is 24.3 Å². The second-order valence-electron chi connectivity index (χ2n) is 5.95. The van der Waals surface area contributed by atoms with Crippen LogP contribution in [0.5, 0.6) is 0 Å². The van der Waals surface area contributed by atoms with Crippen molar-refractivity contribution in [3.05, 3.63) is 75.7 Å². The zero-order valence-corrected chi connectivity index (χ0v) is 14.6. The summed E-state index contributed by atoms with van der Waals surface area (Å²) < 4.78 is 19.3. The predicted octanol–water partition coefficient (Wildman–Crippen LogP) is 3.92. The van der Waals surface area contributed by atoms with E-state index in [9.17, 15) is 14.0 Å². The first-order chi connectivity index (χ1) is 12.0. The van der Waals surface area contributed by atoms with Gasteiger partial charge in [0.2, 0.25) is 5.91 Å². The molecule has 0 N–H and O–H groups in total. The molecule has 1 atom stereocenters. The number of cyclic esters (lactones) is 1. The number of hydrogen-bond acceptors (Lipinski definition) is 3. The summed E-state index contributed by atoms with van der Waals surface area (Å²) in [5.41, 5.74) is 2.47. The molecule has 0 saturated carbocycles. The first-order valence-electron chi connectivity index (χ1n) is 7.79. The molecular formula is C19H13BrFNO3. The van der Waals surface area contributed by atoms with Crippen LogP contribution in [0, 0.1) is 5.82 Å². The number of carbonyl (C=O) groups excluding carboxylic acids is 2. The van der Waals surface area contributed by atoms with E-state index in [-0.39, 0.29) is 24.8 Å². The number of benzene rings is 2. The SMILES string of the molecule is O=C1OCC2=C1C(c1ccc(F)cc1)CC(=O)N2c1ccc(Br)cc1. The maximum Gasteiger partial charge on any atom is 0.336 e. The average Bonchev–Trinajstić information content (AvgIpc) is 2.98. The molecule has 25 heavy (non-hydrogen) atoms. The molecule has 0 fully saturated rings. The molecule has 6 heteroatoms. The molecule has 126 valence electrons. The largest absolute Gasteiger partial charge is 0.456 e. The maximum absolute atomic E-state index is 13.2. The fourth-order valence-corrected chi connectivity index (χ4v) is 3.59. The summed E-state index contributed by atoms with van der Waals surface area (Å²) in [6.07, 6.45) is 0.135. The molecule has 0 bridgehead atoms. The second-order valence-corrected chi connectivity index (χ2v) is 6.87. The van der Waals surface area contributed by atoms with Crippen LogP contribution in [-0.2, 0) is 14.3 Å². The van der Waals surface area contributed by atoms with Crippen molar-refractivity contribution in [2.24, 2.45) is 0 Å². The van der Waals surface area contributed by atoms with Gasteiger partial charge in [-0.2, -0.15) is 0 Å². The molecule has 2 aliphatic rings. The Balaban J connectivity index is 1.81. The summed E-state index contributed by atoms with van der Waals surface area (Å²) >= 11 is 3.37. The number of anilines is 1. The average molecular weight is 402 g/mol. The minimum absolute atomic E-state index is 0.0632. The summed E-state index contributed by atoms with van der Waals surface area (Å²) in [6.45, 7) is 0.0632. The number of amides is 1. The topological polar surface area (TPSA) is 46.6 Å². The number of nitrogens with zero attached hydrogens (tertiary/aromatic N) is 1. The van der Waals surface area contributed by atoms with Crippen molar-refractivity contribution in [2.45, 2.75) is 12.3 Å². The monoisotopic (exact) mass is 401 g/mol. The Kier molecular flexibility index (Phi) is 3.92. The first-order valence-corrected chi connectivity index (χ1v) is 8.58. The number of hydrogen-bond donors (Lipinski definition) is 0. The number of halogens is 2. The fraction of sp³-hybridized carbons (Fsp3) is 0.158. The van der Waals surface area contributed by atoms with Gasteiger partial charge in [-0.15, -0.1) is 0 Å². The highest BCUT2D eigenvalue weighted by molar-refractivity contribution is 9.10. The molecule has 0 saturated heterocycles. The van der Waals surface area contributed by atoms with Crippen LogP contribution in [0.3, 0.4) is 0 Å². The molecule has 0 radical (unpaired) electrons. The zero-order chi connectivity index (χ0) is 17.6. The Morgan fingerprint density at radius 2 is 1.72 bits per heavy atom. The number of esters is 1. The molecule has 0 spiro atoms. The lowest BCUT2D eigenvalue weighted by Gasteiger charge is -2.31. The van der Waals surface area contributed by atoms with Crippen LogP contribution in [0.1, 0.15) is 17.9 Å². The van der Waals surface area contributed by atoms with Crippen molar-refractivity contribution in [3.63, 3.8) is 0 Å². The molecule has 2 aromatic rings. The lowest BCUT2D eigenvalue weighted by atomic mass is 9.84. The summed E-state index contributed by atoms with van der Waals surface area (Å²) in [4.78, 5) is 26.7. The summed E-state index contributed by atoms with van der Waals surface area (Å²) in [5, 5.41) is 0. The third-order valence-electron chi connectivity index (χ3n) is 4.47. The lowest BCUT2D eigenvalue weighted by molar-refractivity contribution is -0.136. The Morgan fingerprint density at radius 1 is 1.04 bits per heavy atom. The summed E-state index contributed by atoms with van der Waals surface area (Å²) in [7, 11) is 0. The highest BCUT2D eigenvalue weighted by Crippen LogP contribution is 2.41. The summed E-state index contributed by atoms with van der Waals surface area (Å²) in [5.74, 6) is -1.30. The fourth-order valence-electron chi connectivity index (χ4n) is 3.32. The van der Waals surface area contributed by atoms with Crippen molar-refractivity contribution in [1.82, 2.24) is 0 Å². The van der Waals surface area contributed by atoms with Crippen molar-refractivity contribution in [2.75, 3.05) is 11.5 Å². The highest BCUT2D eigenvalue weighted by Gasteiger charge is 2.42. The predicted molar refractivity (Wildman–Crippen MR) is 93.4 cm³/mol. The van der Waals surface area contributed by atoms with Crippen LogP contribution in [0.4, 0.5) is 10.1 Å². The van der Waals surface area contributed by atoms with E-state index in [1.54, 1.807) is 17.0 Å². The van der Waals surface area contributed by atoms with Crippen LogP contribution in [-0.4, -0.2) is 18.5 Å². The third-order valence-corrected chi connectivity index (χ3v) is 5.00. The van der Waals surface area contributed by atoms with Crippen molar-refractivity contribution in [1.29, 1.82) is 0 Å². The maximum atomic E-state index is 13.2. The molecule has 1 amide bonds. The number of rotatable bonds is 2. The molecular weight excluding hydrogens is 389 g/mol. The van der Waals surface area contributed by atoms with Gasteiger partial charge in [-0.3, -0.25) is 9.69 Å². The van der Waals surface area contributed by atoms with E-state index in [1.165, 1.54) is 12.1 Å². The Labute approximate surface area is 152 Å². The van der Waals surface area contributed by atoms with Crippen LogP contribution in [0.25, 0.3) is 0 Å². The van der Waals surface area contributed by atoms with Gasteiger partial charge >= 0.3 is 5.97 Å². The van der Waals surface area contributed by atoms with Crippen LogP contribution in [0.2, 0.25) is 0 Å². The molecule has 0 aliphatic carbocycles. The quantitative estimate of drug-likeness (QED) is 0.716. The van der Waals surface area contributed by atoms with E-state index in [0.717, 1.165) is 10.0 Å². The Morgan fingerprint density at radius 3 is 2.40 bits per heavy atom. The van der Waals surface area contributed by atoms with E-state index in [4.69, 9.17) is 4.74 Å². The molecule has 2 aliphatic heterocycles. The van der Waals surface area contributed by atoms with Crippen LogP contribution < -0.4 is 4.90 Å². The van der Waals surface area contributed by atoms with E-state index in [0.29, 0.717) is 17.0 Å². The highest BCUT2D eigenvalue weighted by atomic mass is 79.9. The van der Waals surface area contributed by atoms with E-state index in [2.05, 4.69) is 15.9 Å². The van der Waals surface area contributed by atoms with Gasteiger partial charge in [-0.1, -0.05) is 28.1 Å². The Hall–Kier alpha value is -2.47. The molecule has 1 unspecified atom stereocenters. The van der Waals surface area contributed by atoms with Crippen molar-refractivity contribution >= 4 is 33.5 Å². The number of carbonyl (C=O) groups is 2.